The molecule has 0 aliphatic heterocycles. The van der Waals surface area contributed by atoms with E-state index in [0.717, 1.165) is 28.5 Å². The van der Waals surface area contributed by atoms with E-state index < -0.39 is 0 Å². The lowest BCUT2D eigenvalue weighted by Crippen LogP contribution is -2.03. The van der Waals surface area contributed by atoms with E-state index in [-0.39, 0.29) is 5.78 Å². The molecule has 158 valence electrons. The third kappa shape index (κ3) is 4.67. The van der Waals surface area contributed by atoms with Crippen molar-refractivity contribution >= 4 is 32.7 Å². The van der Waals surface area contributed by atoms with Gasteiger partial charge in [-0.2, -0.15) is 0 Å². The Bertz CT molecular complexity index is 1180. The summed E-state index contributed by atoms with van der Waals surface area (Å²) in [7, 11) is 0. The molecule has 3 aromatic carbocycles. The lowest BCUT2D eigenvalue weighted by Gasteiger charge is -2.08. The van der Waals surface area contributed by atoms with Crippen LogP contribution in [-0.2, 0) is 0 Å². The molecule has 1 heterocycles. The zero-order valence-electron chi connectivity index (χ0n) is 17.3. The number of hydrogen-bond acceptors (Lipinski definition) is 4. The minimum absolute atomic E-state index is 0.0958. The van der Waals surface area contributed by atoms with Crippen molar-refractivity contribution in [3.05, 3.63) is 83.9 Å². The predicted molar refractivity (Wildman–Crippen MR) is 127 cm³/mol. The van der Waals surface area contributed by atoms with Gasteiger partial charge >= 0.3 is 0 Å². The maximum atomic E-state index is 13.6. The summed E-state index contributed by atoms with van der Waals surface area (Å²) in [4.78, 5) is 13.6. The summed E-state index contributed by atoms with van der Waals surface area (Å²) in [5, 5.41) is 1.56. The topological polar surface area (TPSA) is 48.7 Å². The van der Waals surface area contributed by atoms with E-state index in [1.807, 2.05) is 66.7 Å². The van der Waals surface area contributed by atoms with Crippen LogP contribution in [0, 0.1) is 0 Å². The molecule has 0 N–H and O–H groups in total. The van der Waals surface area contributed by atoms with Gasteiger partial charge in [0.2, 0.25) is 0 Å². The Kier molecular flexibility index (Phi) is 6.73. The summed E-state index contributed by atoms with van der Waals surface area (Å²) >= 11 is 3.36. The second kappa shape index (κ2) is 9.84. The fourth-order valence-electron chi connectivity index (χ4n) is 3.42. The molecule has 31 heavy (non-hydrogen) atoms. The van der Waals surface area contributed by atoms with Crippen molar-refractivity contribution < 1.29 is 18.7 Å². The monoisotopic (exact) mass is 478 g/mol. The molecule has 4 rings (SSSR count). The van der Waals surface area contributed by atoms with E-state index in [1.165, 1.54) is 0 Å². The van der Waals surface area contributed by atoms with Crippen molar-refractivity contribution in [3.8, 4) is 22.8 Å². The first-order chi connectivity index (χ1) is 15.2. The Morgan fingerprint density at radius 1 is 0.903 bits per heavy atom. The van der Waals surface area contributed by atoms with Gasteiger partial charge in [0.05, 0.1) is 18.8 Å². The van der Waals surface area contributed by atoms with Crippen LogP contribution in [0.1, 0.15) is 29.3 Å². The number of halogens is 1. The number of ether oxygens (including phenoxy) is 2. The highest BCUT2D eigenvalue weighted by Gasteiger charge is 2.23. The van der Waals surface area contributed by atoms with Crippen LogP contribution in [0.25, 0.3) is 22.3 Å². The molecule has 4 aromatic rings. The molecular formula is C26H23BrO4. The van der Waals surface area contributed by atoms with Gasteiger partial charge in [0, 0.05) is 21.8 Å². The van der Waals surface area contributed by atoms with Crippen LogP contribution >= 0.6 is 15.9 Å². The van der Waals surface area contributed by atoms with Gasteiger partial charge in [0.1, 0.15) is 22.8 Å². The summed E-state index contributed by atoms with van der Waals surface area (Å²) in [5.41, 5.74) is 2.62. The van der Waals surface area contributed by atoms with E-state index >= 15 is 0 Å². The van der Waals surface area contributed by atoms with Gasteiger partial charge in [-0.1, -0.05) is 53.2 Å². The molecule has 5 heteroatoms. The standard InChI is InChI=1S/C26H23BrO4/c1-2-15-29-21-7-5-6-19(17-21)25(28)24-22-8-3-4-9-23(22)31-26(24)18-10-12-20(13-11-18)30-16-14-27/h3-13,17H,2,14-16H2,1H3. The van der Waals surface area contributed by atoms with Gasteiger partial charge in [-0.25, -0.2) is 0 Å². The van der Waals surface area contributed by atoms with Crippen molar-refractivity contribution in [1.29, 1.82) is 0 Å². The Balaban J connectivity index is 1.76. The van der Waals surface area contributed by atoms with Gasteiger partial charge in [0.15, 0.2) is 5.78 Å². The third-order valence-corrected chi connectivity index (χ3v) is 5.18. The number of furan rings is 1. The van der Waals surface area contributed by atoms with Crippen molar-refractivity contribution in [2.75, 3.05) is 18.5 Å². The van der Waals surface area contributed by atoms with Crippen molar-refractivity contribution in [2.45, 2.75) is 13.3 Å². The molecule has 4 nitrogen and oxygen atoms in total. The third-order valence-electron chi connectivity index (χ3n) is 4.85. The largest absolute Gasteiger partial charge is 0.494 e. The lowest BCUT2D eigenvalue weighted by atomic mass is 9.97. The van der Waals surface area contributed by atoms with Crippen LogP contribution in [0.5, 0.6) is 11.5 Å². The first kappa shape index (κ1) is 21.2. The van der Waals surface area contributed by atoms with E-state index in [0.29, 0.717) is 41.4 Å². The molecule has 0 atom stereocenters. The van der Waals surface area contributed by atoms with E-state index in [9.17, 15) is 4.79 Å². The van der Waals surface area contributed by atoms with Crippen LogP contribution in [0.15, 0.2) is 77.2 Å². The molecule has 1 aromatic heterocycles. The summed E-state index contributed by atoms with van der Waals surface area (Å²) in [5.74, 6) is 1.92. The van der Waals surface area contributed by atoms with Crippen molar-refractivity contribution in [3.63, 3.8) is 0 Å². The number of para-hydroxylation sites is 1. The number of carbonyl (C=O) groups excluding carboxylic acids is 1. The summed E-state index contributed by atoms with van der Waals surface area (Å²) < 4.78 is 17.5. The van der Waals surface area contributed by atoms with Crippen LogP contribution in [0.2, 0.25) is 0 Å². The number of hydrogen-bond donors (Lipinski definition) is 0. The molecule has 0 saturated heterocycles. The molecule has 0 spiro atoms. The van der Waals surface area contributed by atoms with E-state index in [2.05, 4.69) is 22.9 Å². The first-order valence-corrected chi connectivity index (χ1v) is 11.4. The molecule has 0 radical (unpaired) electrons. The molecular weight excluding hydrogens is 456 g/mol. The fourth-order valence-corrected chi connectivity index (χ4v) is 3.59. The summed E-state index contributed by atoms with van der Waals surface area (Å²) in [6.07, 6.45) is 0.907. The highest BCUT2D eigenvalue weighted by Crippen LogP contribution is 2.36. The van der Waals surface area contributed by atoms with Crippen molar-refractivity contribution in [2.24, 2.45) is 0 Å². The lowest BCUT2D eigenvalue weighted by molar-refractivity contribution is 0.104. The number of ketones is 1. The predicted octanol–water partition coefficient (Wildman–Crippen LogP) is 6.89. The number of fused-ring (bicyclic) bond motifs is 1. The zero-order valence-corrected chi connectivity index (χ0v) is 18.9. The van der Waals surface area contributed by atoms with E-state index in [1.54, 1.807) is 6.07 Å². The average molecular weight is 479 g/mol. The molecule has 0 amide bonds. The second-order valence-corrected chi connectivity index (χ2v) is 7.86. The maximum absolute atomic E-state index is 13.6. The minimum Gasteiger partial charge on any atom is -0.494 e. The number of rotatable bonds is 9. The van der Waals surface area contributed by atoms with Crippen LogP contribution in [-0.4, -0.2) is 24.3 Å². The van der Waals surface area contributed by atoms with Crippen LogP contribution in [0.3, 0.4) is 0 Å². The van der Waals surface area contributed by atoms with Gasteiger partial charge < -0.3 is 13.9 Å². The Hall–Kier alpha value is -3.05. The van der Waals surface area contributed by atoms with Gasteiger partial charge in [0.25, 0.3) is 0 Å². The maximum Gasteiger partial charge on any atom is 0.197 e. The smallest absolute Gasteiger partial charge is 0.197 e. The van der Waals surface area contributed by atoms with Crippen LogP contribution < -0.4 is 9.47 Å². The number of alkyl halides is 1. The quantitative estimate of drug-likeness (QED) is 0.194. The highest BCUT2D eigenvalue weighted by molar-refractivity contribution is 9.09. The highest BCUT2D eigenvalue weighted by atomic mass is 79.9. The number of benzene rings is 3. The summed E-state index contributed by atoms with van der Waals surface area (Å²) in [6, 6.07) is 22.5. The molecule has 0 fully saturated rings. The zero-order chi connectivity index (χ0) is 21.6. The Morgan fingerprint density at radius 3 is 2.45 bits per heavy atom. The SMILES string of the molecule is CCCOc1cccc(C(=O)c2c(-c3ccc(OCCBr)cc3)oc3ccccc23)c1. The fraction of sp³-hybridized carbons (Fsp3) is 0.192. The second-order valence-electron chi connectivity index (χ2n) is 7.07. The first-order valence-electron chi connectivity index (χ1n) is 10.3. The molecule has 0 saturated carbocycles. The summed E-state index contributed by atoms with van der Waals surface area (Å²) in [6.45, 7) is 3.25. The molecule has 0 aliphatic rings. The van der Waals surface area contributed by atoms with E-state index in [4.69, 9.17) is 13.9 Å². The Labute approximate surface area is 189 Å². The molecule has 0 bridgehead atoms. The number of carbonyl (C=O) groups is 1. The minimum atomic E-state index is -0.0958. The van der Waals surface area contributed by atoms with Crippen LogP contribution in [0.4, 0.5) is 0 Å². The Morgan fingerprint density at radius 2 is 1.68 bits per heavy atom. The average Bonchev–Trinajstić information content (AvgIpc) is 3.21. The van der Waals surface area contributed by atoms with Gasteiger partial charge in [-0.15, -0.1) is 0 Å². The molecule has 0 aliphatic carbocycles. The normalized spacial score (nSPS) is 10.9. The van der Waals surface area contributed by atoms with Gasteiger partial charge in [-0.3, -0.25) is 4.79 Å². The van der Waals surface area contributed by atoms with Crippen molar-refractivity contribution in [1.82, 2.24) is 0 Å². The van der Waals surface area contributed by atoms with Gasteiger partial charge in [-0.05, 0) is 48.9 Å². The molecule has 0 unspecified atom stereocenters.